The van der Waals surface area contributed by atoms with E-state index in [0.29, 0.717) is 6.61 Å². The molecule has 0 aliphatic rings. The molecule has 1 heterocycles. The molecule has 1 unspecified atom stereocenters. The highest BCUT2D eigenvalue weighted by atomic mass is 16.5. The quantitative estimate of drug-likeness (QED) is 0.876. The summed E-state index contributed by atoms with van der Waals surface area (Å²) in [4.78, 5) is 7.97. The Labute approximate surface area is 107 Å². The van der Waals surface area contributed by atoms with Crippen LogP contribution >= 0.6 is 0 Å². The molecule has 18 heavy (non-hydrogen) atoms. The van der Waals surface area contributed by atoms with Gasteiger partial charge >= 0.3 is 0 Å². The van der Waals surface area contributed by atoms with Crippen molar-refractivity contribution in [3.8, 4) is 5.75 Å². The third-order valence-corrected chi connectivity index (χ3v) is 2.63. The third kappa shape index (κ3) is 2.97. The lowest BCUT2D eigenvalue weighted by atomic mass is 10.1. The number of para-hydroxylation sites is 1. The van der Waals surface area contributed by atoms with Crippen molar-refractivity contribution < 1.29 is 4.74 Å². The van der Waals surface area contributed by atoms with E-state index in [4.69, 9.17) is 4.74 Å². The summed E-state index contributed by atoms with van der Waals surface area (Å²) in [6, 6.07) is 8.17. The number of hydrogen-bond donors (Lipinski definition) is 1. The number of nitrogens with one attached hydrogen (secondary N) is 1. The van der Waals surface area contributed by atoms with Crippen molar-refractivity contribution in [2.75, 3.05) is 11.9 Å². The van der Waals surface area contributed by atoms with E-state index in [1.165, 1.54) is 6.33 Å². The van der Waals surface area contributed by atoms with Gasteiger partial charge in [-0.05, 0) is 19.9 Å². The number of aromatic nitrogens is 2. The molecule has 1 aromatic heterocycles. The topological polar surface area (TPSA) is 47.0 Å². The van der Waals surface area contributed by atoms with Crippen LogP contribution in [0.3, 0.4) is 0 Å². The molecule has 4 heteroatoms. The smallest absolute Gasteiger partial charge is 0.124 e. The zero-order valence-corrected chi connectivity index (χ0v) is 10.6. The molecule has 0 fully saturated rings. The van der Waals surface area contributed by atoms with E-state index in [2.05, 4.69) is 28.3 Å². The molecule has 1 N–H and O–H groups in total. The van der Waals surface area contributed by atoms with Gasteiger partial charge in [-0.2, -0.15) is 0 Å². The summed E-state index contributed by atoms with van der Waals surface area (Å²) in [5, 5.41) is 3.35. The second-order valence-corrected chi connectivity index (χ2v) is 3.96. The minimum Gasteiger partial charge on any atom is -0.494 e. The lowest BCUT2D eigenvalue weighted by Crippen LogP contribution is -2.09. The molecule has 1 atom stereocenters. The van der Waals surface area contributed by atoms with Gasteiger partial charge < -0.3 is 10.1 Å². The predicted octanol–water partition coefficient (Wildman–Crippen LogP) is 3.05. The maximum Gasteiger partial charge on any atom is 0.124 e. The summed E-state index contributed by atoms with van der Waals surface area (Å²) < 4.78 is 5.62. The number of hydrogen-bond acceptors (Lipinski definition) is 4. The molecule has 0 aliphatic heterocycles. The predicted molar refractivity (Wildman–Crippen MR) is 71.7 cm³/mol. The minimum absolute atomic E-state index is 0.138. The van der Waals surface area contributed by atoms with E-state index in [1.54, 1.807) is 12.4 Å². The summed E-state index contributed by atoms with van der Waals surface area (Å²) in [7, 11) is 0. The van der Waals surface area contributed by atoms with Gasteiger partial charge in [0, 0.05) is 5.56 Å². The Morgan fingerprint density at radius 3 is 2.67 bits per heavy atom. The standard InChI is InChI=1S/C14H17N3O/c1-3-18-14-7-5-4-6-13(14)11(2)17-12-8-15-10-16-9-12/h4-11,17H,3H2,1-2H3. The maximum atomic E-state index is 5.62. The van der Waals surface area contributed by atoms with E-state index in [1.807, 2.05) is 25.1 Å². The lowest BCUT2D eigenvalue weighted by Gasteiger charge is -2.18. The molecule has 1 aromatic carbocycles. The van der Waals surface area contributed by atoms with Gasteiger partial charge in [-0.25, -0.2) is 9.97 Å². The van der Waals surface area contributed by atoms with Crippen molar-refractivity contribution in [3.63, 3.8) is 0 Å². The number of ether oxygens (including phenoxy) is 1. The van der Waals surface area contributed by atoms with Crippen molar-refractivity contribution in [2.24, 2.45) is 0 Å². The first-order chi connectivity index (χ1) is 8.81. The Balaban J connectivity index is 2.16. The van der Waals surface area contributed by atoms with Gasteiger partial charge in [0.05, 0.1) is 30.7 Å². The third-order valence-electron chi connectivity index (χ3n) is 2.63. The lowest BCUT2D eigenvalue weighted by molar-refractivity contribution is 0.335. The maximum absolute atomic E-state index is 5.62. The Morgan fingerprint density at radius 1 is 1.22 bits per heavy atom. The van der Waals surface area contributed by atoms with Crippen molar-refractivity contribution >= 4 is 5.69 Å². The van der Waals surface area contributed by atoms with Gasteiger partial charge in [0.15, 0.2) is 0 Å². The van der Waals surface area contributed by atoms with Crippen LogP contribution in [0.2, 0.25) is 0 Å². The van der Waals surface area contributed by atoms with Crippen LogP contribution < -0.4 is 10.1 Å². The molecule has 0 saturated carbocycles. The molecule has 2 aromatic rings. The van der Waals surface area contributed by atoms with Gasteiger partial charge in [-0.3, -0.25) is 0 Å². The van der Waals surface area contributed by atoms with Gasteiger partial charge in [0.25, 0.3) is 0 Å². The Morgan fingerprint density at radius 2 is 1.94 bits per heavy atom. The summed E-state index contributed by atoms with van der Waals surface area (Å²) in [6.45, 7) is 4.74. The van der Waals surface area contributed by atoms with Crippen LogP contribution in [0.25, 0.3) is 0 Å². The van der Waals surface area contributed by atoms with Crippen molar-refractivity contribution in [1.82, 2.24) is 9.97 Å². The minimum atomic E-state index is 0.138. The fourth-order valence-corrected chi connectivity index (χ4v) is 1.83. The molecule has 0 amide bonds. The summed E-state index contributed by atoms with van der Waals surface area (Å²) in [5.74, 6) is 0.914. The van der Waals surface area contributed by atoms with E-state index in [9.17, 15) is 0 Å². The van der Waals surface area contributed by atoms with Crippen LogP contribution in [0.15, 0.2) is 43.0 Å². The Bertz CT molecular complexity index is 487. The zero-order chi connectivity index (χ0) is 12.8. The molecule has 2 rings (SSSR count). The molecule has 94 valence electrons. The SMILES string of the molecule is CCOc1ccccc1C(C)Nc1cncnc1. The van der Waals surface area contributed by atoms with Gasteiger partial charge in [-0.15, -0.1) is 0 Å². The number of anilines is 1. The Kier molecular flexibility index (Phi) is 4.12. The monoisotopic (exact) mass is 243 g/mol. The van der Waals surface area contributed by atoms with Crippen LogP contribution in [0.1, 0.15) is 25.5 Å². The van der Waals surface area contributed by atoms with Crippen molar-refractivity contribution in [3.05, 3.63) is 48.5 Å². The van der Waals surface area contributed by atoms with E-state index in [0.717, 1.165) is 17.0 Å². The summed E-state index contributed by atoms with van der Waals surface area (Å²) >= 11 is 0. The number of rotatable bonds is 5. The summed E-state index contributed by atoms with van der Waals surface area (Å²) in [5.41, 5.74) is 2.03. The fourth-order valence-electron chi connectivity index (χ4n) is 1.83. The molecule has 0 saturated heterocycles. The molecular weight excluding hydrogens is 226 g/mol. The van der Waals surface area contributed by atoms with Crippen LogP contribution in [0.4, 0.5) is 5.69 Å². The van der Waals surface area contributed by atoms with Gasteiger partial charge in [-0.1, -0.05) is 18.2 Å². The first-order valence-corrected chi connectivity index (χ1v) is 6.04. The number of benzene rings is 1. The van der Waals surface area contributed by atoms with Crippen LogP contribution in [-0.2, 0) is 0 Å². The zero-order valence-electron chi connectivity index (χ0n) is 10.6. The molecule has 0 spiro atoms. The first kappa shape index (κ1) is 12.4. The van der Waals surface area contributed by atoms with Crippen LogP contribution in [0, 0.1) is 0 Å². The van der Waals surface area contributed by atoms with E-state index < -0.39 is 0 Å². The molecule has 0 radical (unpaired) electrons. The molecule has 0 aliphatic carbocycles. The Hall–Kier alpha value is -2.10. The number of nitrogens with zero attached hydrogens (tertiary/aromatic N) is 2. The average molecular weight is 243 g/mol. The molecular formula is C14H17N3O. The second-order valence-electron chi connectivity index (χ2n) is 3.96. The van der Waals surface area contributed by atoms with Crippen molar-refractivity contribution in [2.45, 2.75) is 19.9 Å². The molecule has 0 bridgehead atoms. The largest absolute Gasteiger partial charge is 0.494 e. The first-order valence-electron chi connectivity index (χ1n) is 6.04. The van der Waals surface area contributed by atoms with Crippen LogP contribution in [0.5, 0.6) is 5.75 Å². The highest BCUT2D eigenvalue weighted by Gasteiger charge is 2.10. The van der Waals surface area contributed by atoms with Gasteiger partial charge in [0.1, 0.15) is 12.1 Å². The van der Waals surface area contributed by atoms with Crippen LogP contribution in [-0.4, -0.2) is 16.6 Å². The van der Waals surface area contributed by atoms with Gasteiger partial charge in [0.2, 0.25) is 0 Å². The fraction of sp³-hybridized carbons (Fsp3) is 0.286. The highest BCUT2D eigenvalue weighted by Crippen LogP contribution is 2.27. The highest BCUT2D eigenvalue weighted by molar-refractivity contribution is 5.44. The average Bonchev–Trinajstić information content (AvgIpc) is 2.41. The summed E-state index contributed by atoms with van der Waals surface area (Å²) in [6.07, 6.45) is 5.03. The normalized spacial score (nSPS) is 11.9. The van der Waals surface area contributed by atoms with E-state index >= 15 is 0 Å². The molecule has 4 nitrogen and oxygen atoms in total. The van der Waals surface area contributed by atoms with Crippen molar-refractivity contribution in [1.29, 1.82) is 0 Å². The second kappa shape index (κ2) is 6.00. The van der Waals surface area contributed by atoms with E-state index in [-0.39, 0.29) is 6.04 Å².